The molecule has 0 aliphatic rings. The Bertz CT molecular complexity index is 371. The molecule has 0 spiro atoms. The highest BCUT2D eigenvalue weighted by molar-refractivity contribution is 6.30. The van der Waals surface area contributed by atoms with Crippen molar-refractivity contribution in [2.45, 2.75) is 32.7 Å². The Kier molecular flexibility index (Phi) is 7.87. The van der Waals surface area contributed by atoms with Crippen molar-refractivity contribution in [3.05, 3.63) is 28.8 Å². The van der Waals surface area contributed by atoms with Crippen molar-refractivity contribution >= 4 is 11.6 Å². The Labute approximate surface area is 121 Å². The molecule has 1 rings (SSSR count). The SMILES string of the molecule is CCNC(C)c1cc(Cl)ccc1OCCCCOC. The zero-order valence-corrected chi connectivity index (χ0v) is 12.8. The van der Waals surface area contributed by atoms with Crippen LogP contribution in [0.25, 0.3) is 0 Å². The number of benzene rings is 1. The van der Waals surface area contributed by atoms with E-state index in [1.54, 1.807) is 7.11 Å². The van der Waals surface area contributed by atoms with Crippen molar-refractivity contribution in [2.24, 2.45) is 0 Å². The van der Waals surface area contributed by atoms with Gasteiger partial charge in [0, 0.05) is 30.3 Å². The number of hydrogen-bond donors (Lipinski definition) is 1. The molecule has 0 aromatic heterocycles. The summed E-state index contributed by atoms with van der Waals surface area (Å²) in [5, 5.41) is 4.12. The van der Waals surface area contributed by atoms with E-state index in [2.05, 4.69) is 19.2 Å². The van der Waals surface area contributed by atoms with Gasteiger partial charge in [0.15, 0.2) is 0 Å². The van der Waals surface area contributed by atoms with E-state index in [0.29, 0.717) is 6.61 Å². The van der Waals surface area contributed by atoms with Crippen molar-refractivity contribution in [1.29, 1.82) is 0 Å². The van der Waals surface area contributed by atoms with Crippen molar-refractivity contribution in [3.63, 3.8) is 0 Å². The van der Waals surface area contributed by atoms with Crippen LogP contribution in [0.2, 0.25) is 5.02 Å². The second kappa shape index (κ2) is 9.18. The normalized spacial score (nSPS) is 12.4. The minimum Gasteiger partial charge on any atom is -0.493 e. The summed E-state index contributed by atoms with van der Waals surface area (Å²) >= 11 is 6.06. The molecule has 19 heavy (non-hydrogen) atoms. The van der Waals surface area contributed by atoms with Gasteiger partial charge in [-0.1, -0.05) is 18.5 Å². The lowest BCUT2D eigenvalue weighted by Crippen LogP contribution is -2.18. The fourth-order valence-corrected chi connectivity index (χ4v) is 2.12. The maximum Gasteiger partial charge on any atom is 0.124 e. The van der Waals surface area contributed by atoms with Crippen LogP contribution < -0.4 is 10.1 Å². The molecular formula is C15H24ClNO2. The van der Waals surface area contributed by atoms with E-state index in [4.69, 9.17) is 21.1 Å². The maximum absolute atomic E-state index is 6.06. The Morgan fingerprint density at radius 2 is 2.00 bits per heavy atom. The molecule has 0 fully saturated rings. The van der Waals surface area contributed by atoms with Crippen LogP contribution in [0.3, 0.4) is 0 Å². The van der Waals surface area contributed by atoms with E-state index < -0.39 is 0 Å². The Balaban J connectivity index is 2.60. The van der Waals surface area contributed by atoms with E-state index in [9.17, 15) is 0 Å². The van der Waals surface area contributed by atoms with E-state index >= 15 is 0 Å². The van der Waals surface area contributed by atoms with Gasteiger partial charge in [0.1, 0.15) is 5.75 Å². The number of methoxy groups -OCH3 is 1. The van der Waals surface area contributed by atoms with Crippen LogP contribution in [0, 0.1) is 0 Å². The van der Waals surface area contributed by atoms with Gasteiger partial charge in [0.25, 0.3) is 0 Å². The van der Waals surface area contributed by atoms with Crippen molar-refractivity contribution in [3.8, 4) is 5.75 Å². The van der Waals surface area contributed by atoms with E-state index in [1.807, 2.05) is 18.2 Å². The molecule has 0 aliphatic heterocycles. The predicted molar refractivity (Wildman–Crippen MR) is 80.1 cm³/mol. The minimum atomic E-state index is 0.234. The number of rotatable bonds is 9. The first-order valence-electron chi connectivity index (χ1n) is 6.83. The predicted octanol–water partition coefficient (Wildman–Crippen LogP) is 3.82. The number of nitrogens with one attached hydrogen (secondary N) is 1. The average molecular weight is 286 g/mol. The van der Waals surface area contributed by atoms with Gasteiger partial charge in [0.2, 0.25) is 0 Å². The van der Waals surface area contributed by atoms with Gasteiger partial charge >= 0.3 is 0 Å². The van der Waals surface area contributed by atoms with Crippen LogP contribution in [0.15, 0.2) is 18.2 Å². The van der Waals surface area contributed by atoms with E-state index in [-0.39, 0.29) is 6.04 Å². The van der Waals surface area contributed by atoms with Gasteiger partial charge in [-0.2, -0.15) is 0 Å². The lowest BCUT2D eigenvalue weighted by Gasteiger charge is -2.18. The molecule has 1 aromatic rings. The van der Waals surface area contributed by atoms with Crippen LogP contribution in [-0.4, -0.2) is 26.9 Å². The summed E-state index contributed by atoms with van der Waals surface area (Å²) in [6, 6.07) is 6.02. The smallest absolute Gasteiger partial charge is 0.124 e. The minimum absolute atomic E-state index is 0.234. The first-order chi connectivity index (χ1) is 9.19. The highest BCUT2D eigenvalue weighted by atomic mass is 35.5. The lowest BCUT2D eigenvalue weighted by atomic mass is 10.1. The van der Waals surface area contributed by atoms with Gasteiger partial charge in [0.05, 0.1) is 6.61 Å². The summed E-state index contributed by atoms with van der Waals surface area (Å²) in [6.45, 7) is 6.61. The van der Waals surface area contributed by atoms with Crippen LogP contribution in [0.4, 0.5) is 0 Å². The number of halogens is 1. The second-order valence-electron chi connectivity index (χ2n) is 4.51. The average Bonchev–Trinajstić information content (AvgIpc) is 2.40. The number of hydrogen-bond acceptors (Lipinski definition) is 3. The quantitative estimate of drug-likeness (QED) is 0.700. The third-order valence-corrected chi connectivity index (χ3v) is 3.18. The van der Waals surface area contributed by atoms with Gasteiger partial charge in [-0.15, -0.1) is 0 Å². The summed E-state index contributed by atoms with van der Waals surface area (Å²) in [7, 11) is 1.72. The molecule has 0 amide bonds. The van der Waals surface area contributed by atoms with Gasteiger partial charge in [-0.25, -0.2) is 0 Å². The van der Waals surface area contributed by atoms with Crippen molar-refractivity contribution < 1.29 is 9.47 Å². The zero-order chi connectivity index (χ0) is 14.1. The molecule has 3 nitrogen and oxygen atoms in total. The van der Waals surface area contributed by atoms with Gasteiger partial charge in [-0.05, 0) is 44.5 Å². The fourth-order valence-electron chi connectivity index (χ4n) is 1.94. The molecule has 0 heterocycles. The molecular weight excluding hydrogens is 262 g/mol. The first kappa shape index (κ1) is 16.3. The lowest BCUT2D eigenvalue weighted by molar-refractivity contribution is 0.184. The molecule has 0 aliphatic carbocycles. The van der Waals surface area contributed by atoms with E-state index in [1.165, 1.54) is 0 Å². The second-order valence-corrected chi connectivity index (χ2v) is 4.95. The molecule has 0 bridgehead atoms. The molecule has 0 radical (unpaired) electrons. The fraction of sp³-hybridized carbons (Fsp3) is 0.600. The Morgan fingerprint density at radius 1 is 1.26 bits per heavy atom. The number of ether oxygens (including phenoxy) is 2. The molecule has 1 N–H and O–H groups in total. The first-order valence-corrected chi connectivity index (χ1v) is 7.21. The summed E-state index contributed by atoms with van der Waals surface area (Å²) in [6.07, 6.45) is 2.01. The molecule has 4 heteroatoms. The van der Waals surface area contributed by atoms with Gasteiger partial charge < -0.3 is 14.8 Å². The van der Waals surface area contributed by atoms with Crippen molar-refractivity contribution in [1.82, 2.24) is 5.32 Å². The highest BCUT2D eigenvalue weighted by Gasteiger charge is 2.11. The van der Waals surface area contributed by atoms with Crippen LogP contribution in [-0.2, 0) is 4.74 Å². The van der Waals surface area contributed by atoms with E-state index in [0.717, 1.165) is 42.3 Å². The molecule has 1 aromatic carbocycles. The number of unbranched alkanes of at least 4 members (excludes halogenated alkanes) is 1. The molecule has 1 atom stereocenters. The summed E-state index contributed by atoms with van der Waals surface area (Å²) in [5.74, 6) is 0.912. The molecule has 0 saturated carbocycles. The van der Waals surface area contributed by atoms with Crippen molar-refractivity contribution in [2.75, 3.05) is 26.9 Å². The standard InChI is InChI=1S/C15H24ClNO2/c1-4-17-12(2)14-11-13(16)7-8-15(14)19-10-6-5-9-18-3/h7-8,11-12,17H,4-6,9-10H2,1-3H3. The zero-order valence-electron chi connectivity index (χ0n) is 12.0. The third kappa shape index (κ3) is 5.81. The van der Waals surface area contributed by atoms with Crippen LogP contribution in [0.1, 0.15) is 38.3 Å². The maximum atomic E-state index is 6.06. The third-order valence-electron chi connectivity index (χ3n) is 2.95. The summed E-state index contributed by atoms with van der Waals surface area (Å²) < 4.78 is 10.9. The Morgan fingerprint density at radius 3 is 2.68 bits per heavy atom. The largest absolute Gasteiger partial charge is 0.493 e. The summed E-state index contributed by atoms with van der Waals surface area (Å²) in [5.41, 5.74) is 1.11. The van der Waals surface area contributed by atoms with Gasteiger partial charge in [-0.3, -0.25) is 0 Å². The molecule has 108 valence electrons. The van der Waals surface area contributed by atoms with Crippen LogP contribution >= 0.6 is 11.6 Å². The van der Waals surface area contributed by atoms with Crippen LogP contribution in [0.5, 0.6) is 5.75 Å². The summed E-state index contributed by atoms with van der Waals surface area (Å²) in [4.78, 5) is 0. The molecule has 1 unspecified atom stereocenters. The monoisotopic (exact) mass is 285 g/mol. The Hall–Kier alpha value is -0.770. The molecule has 0 saturated heterocycles. The topological polar surface area (TPSA) is 30.5 Å². The highest BCUT2D eigenvalue weighted by Crippen LogP contribution is 2.28.